The number of anilines is 1. The van der Waals surface area contributed by atoms with Crippen molar-refractivity contribution in [2.45, 2.75) is 19.3 Å². The zero-order valence-corrected chi connectivity index (χ0v) is 12.6. The van der Waals surface area contributed by atoms with Crippen LogP contribution in [0.1, 0.15) is 34.1 Å². The Bertz CT molecular complexity index is 756. The molecule has 1 heterocycles. The zero-order chi connectivity index (χ0) is 15.9. The van der Waals surface area contributed by atoms with Crippen molar-refractivity contribution in [1.82, 2.24) is 10.2 Å². The number of nitrogens with one attached hydrogen (secondary N) is 2. The quantitative estimate of drug-likeness (QED) is 0.805. The lowest BCUT2D eigenvalue weighted by molar-refractivity contribution is -0.117. The van der Waals surface area contributed by atoms with E-state index in [0.717, 1.165) is 12.0 Å². The van der Waals surface area contributed by atoms with Gasteiger partial charge in [0.2, 0.25) is 5.91 Å². The topological polar surface area (TPSA) is 101 Å². The number of amides is 2. The summed E-state index contributed by atoms with van der Waals surface area (Å²) in [4.78, 5) is 23.7. The molecule has 1 aliphatic carbocycles. The molecule has 0 spiro atoms. The normalized spacial score (nSPS) is 19.7. The van der Waals surface area contributed by atoms with Crippen molar-refractivity contribution in [2.24, 2.45) is 11.7 Å². The van der Waals surface area contributed by atoms with Crippen molar-refractivity contribution >= 4 is 29.1 Å². The van der Waals surface area contributed by atoms with Gasteiger partial charge in [0, 0.05) is 10.9 Å². The van der Waals surface area contributed by atoms with Crippen LogP contribution in [0.15, 0.2) is 24.3 Å². The summed E-state index contributed by atoms with van der Waals surface area (Å²) in [6.07, 6.45) is 0.734. The highest BCUT2D eigenvalue weighted by Crippen LogP contribution is 2.50. The molecule has 1 fully saturated rings. The standard InChI is InChI=1S/C15H15ClN4O2/c1-7-12(13(14(17)21)20-19-7)18-15(22)10-6-9(10)8-4-2-3-5-11(8)16/h2-5,9-10H,6H2,1H3,(H2,17,21)(H,18,22)(H,19,20)/t9-,10-/m1/s1. The summed E-state index contributed by atoms with van der Waals surface area (Å²) in [5, 5.41) is 9.86. The molecular formula is C15H15ClN4O2. The first kappa shape index (κ1) is 14.6. The first-order valence-corrected chi connectivity index (χ1v) is 7.27. The second kappa shape index (κ2) is 5.46. The Morgan fingerprint density at radius 1 is 1.41 bits per heavy atom. The summed E-state index contributed by atoms with van der Waals surface area (Å²) < 4.78 is 0. The largest absolute Gasteiger partial charge is 0.364 e. The fourth-order valence-electron chi connectivity index (χ4n) is 2.58. The molecule has 2 atom stereocenters. The smallest absolute Gasteiger partial charge is 0.271 e. The highest BCUT2D eigenvalue weighted by Gasteiger charge is 2.45. The Morgan fingerprint density at radius 2 is 2.14 bits per heavy atom. The maximum atomic E-state index is 12.3. The minimum atomic E-state index is -0.682. The summed E-state index contributed by atoms with van der Waals surface area (Å²) in [5.41, 5.74) is 7.21. The number of hydrogen-bond donors (Lipinski definition) is 3. The molecule has 2 amide bonds. The third-order valence-corrected chi connectivity index (χ3v) is 4.20. The van der Waals surface area contributed by atoms with E-state index >= 15 is 0 Å². The average Bonchev–Trinajstić information content (AvgIpc) is 3.19. The molecule has 0 saturated heterocycles. The predicted molar refractivity (Wildman–Crippen MR) is 82.8 cm³/mol. The molecule has 1 aliphatic rings. The van der Waals surface area contributed by atoms with Crippen LogP contribution < -0.4 is 11.1 Å². The average molecular weight is 319 g/mol. The molecule has 3 rings (SSSR count). The zero-order valence-electron chi connectivity index (χ0n) is 11.9. The molecule has 4 N–H and O–H groups in total. The van der Waals surface area contributed by atoms with E-state index in [1.54, 1.807) is 6.92 Å². The van der Waals surface area contributed by atoms with Crippen LogP contribution in [0.5, 0.6) is 0 Å². The molecule has 1 aromatic carbocycles. The molecule has 0 bridgehead atoms. The van der Waals surface area contributed by atoms with E-state index in [9.17, 15) is 9.59 Å². The first-order valence-electron chi connectivity index (χ1n) is 6.89. The number of halogens is 1. The van der Waals surface area contributed by atoms with Gasteiger partial charge in [-0.15, -0.1) is 0 Å². The third-order valence-electron chi connectivity index (χ3n) is 3.86. The number of primary amides is 1. The second-order valence-corrected chi connectivity index (χ2v) is 5.80. The van der Waals surface area contributed by atoms with E-state index in [1.807, 2.05) is 24.3 Å². The second-order valence-electron chi connectivity index (χ2n) is 5.40. The number of aryl methyl sites for hydroxylation is 1. The van der Waals surface area contributed by atoms with Gasteiger partial charge >= 0.3 is 0 Å². The third kappa shape index (κ3) is 2.57. The van der Waals surface area contributed by atoms with E-state index in [2.05, 4.69) is 15.5 Å². The number of carbonyl (C=O) groups excluding carboxylic acids is 2. The lowest BCUT2D eigenvalue weighted by Gasteiger charge is -2.06. The molecule has 2 aromatic rings. The van der Waals surface area contributed by atoms with Crippen LogP contribution in [-0.4, -0.2) is 22.0 Å². The number of carbonyl (C=O) groups is 2. The highest BCUT2D eigenvalue weighted by atomic mass is 35.5. The van der Waals surface area contributed by atoms with Gasteiger partial charge < -0.3 is 11.1 Å². The number of rotatable bonds is 4. The van der Waals surface area contributed by atoms with E-state index < -0.39 is 5.91 Å². The van der Waals surface area contributed by atoms with E-state index in [-0.39, 0.29) is 23.4 Å². The number of nitrogens with two attached hydrogens (primary N) is 1. The van der Waals surface area contributed by atoms with Gasteiger partial charge in [-0.3, -0.25) is 14.7 Å². The van der Waals surface area contributed by atoms with Gasteiger partial charge in [-0.25, -0.2) is 0 Å². The molecule has 1 saturated carbocycles. The molecular weight excluding hydrogens is 304 g/mol. The van der Waals surface area contributed by atoms with Crippen molar-refractivity contribution in [3.8, 4) is 0 Å². The van der Waals surface area contributed by atoms with Crippen LogP contribution in [0.25, 0.3) is 0 Å². The number of benzene rings is 1. The van der Waals surface area contributed by atoms with Crippen LogP contribution in [-0.2, 0) is 4.79 Å². The Balaban J connectivity index is 1.74. The Morgan fingerprint density at radius 3 is 2.82 bits per heavy atom. The van der Waals surface area contributed by atoms with Gasteiger partial charge in [0.15, 0.2) is 5.69 Å². The number of aromatic amines is 1. The van der Waals surface area contributed by atoms with E-state index in [4.69, 9.17) is 17.3 Å². The molecule has 22 heavy (non-hydrogen) atoms. The molecule has 0 radical (unpaired) electrons. The molecule has 1 aromatic heterocycles. The fourth-order valence-corrected chi connectivity index (χ4v) is 2.86. The van der Waals surface area contributed by atoms with Crippen LogP contribution in [0, 0.1) is 12.8 Å². The lowest BCUT2D eigenvalue weighted by atomic mass is 10.1. The van der Waals surface area contributed by atoms with Crippen molar-refractivity contribution in [1.29, 1.82) is 0 Å². The fraction of sp³-hybridized carbons (Fsp3) is 0.267. The maximum Gasteiger partial charge on any atom is 0.271 e. The van der Waals surface area contributed by atoms with E-state index in [1.165, 1.54) is 0 Å². The van der Waals surface area contributed by atoms with Gasteiger partial charge in [-0.2, -0.15) is 5.10 Å². The summed E-state index contributed by atoms with van der Waals surface area (Å²) >= 11 is 6.16. The van der Waals surface area contributed by atoms with Crippen LogP contribution >= 0.6 is 11.6 Å². The van der Waals surface area contributed by atoms with Crippen molar-refractivity contribution < 1.29 is 9.59 Å². The molecule has 7 heteroatoms. The van der Waals surface area contributed by atoms with Gasteiger partial charge in [0.1, 0.15) is 0 Å². The summed E-state index contributed by atoms with van der Waals surface area (Å²) in [5.74, 6) is -0.886. The lowest BCUT2D eigenvalue weighted by Crippen LogP contribution is -2.19. The SMILES string of the molecule is Cc1[nH]nc(C(N)=O)c1NC(=O)[C@@H]1C[C@@H]1c1ccccc1Cl. The molecule has 114 valence electrons. The minimum absolute atomic E-state index is 0.0424. The predicted octanol–water partition coefficient (Wildman–Crippen LogP) is 2.21. The Kier molecular flexibility index (Phi) is 3.62. The number of nitrogens with zero attached hydrogens (tertiary/aromatic N) is 1. The number of H-pyrrole nitrogens is 1. The van der Waals surface area contributed by atoms with Gasteiger partial charge in [0.25, 0.3) is 5.91 Å². The van der Waals surface area contributed by atoms with Crippen LogP contribution in [0.3, 0.4) is 0 Å². The van der Waals surface area contributed by atoms with Gasteiger partial charge in [-0.05, 0) is 30.9 Å². The minimum Gasteiger partial charge on any atom is -0.364 e. The van der Waals surface area contributed by atoms with Crippen molar-refractivity contribution in [2.75, 3.05) is 5.32 Å². The molecule has 6 nitrogen and oxygen atoms in total. The summed E-state index contributed by atoms with van der Waals surface area (Å²) in [7, 11) is 0. The Hall–Kier alpha value is -2.34. The highest BCUT2D eigenvalue weighted by molar-refractivity contribution is 6.31. The van der Waals surface area contributed by atoms with Crippen molar-refractivity contribution in [3.05, 3.63) is 46.2 Å². The van der Waals surface area contributed by atoms with Crippen molar-refractivity contribution in [3.63, 3.8) is 0 Å². The number of aromatic nitrogens is 2. The van der Waals surface area contributed by atoms with Gasteiger partial charge in [0.05, 0.1) is 11.4 Å². The van der Waals surface area contributed by atoms with E-state index in [0.29, 0.717) is 16.4 Å². The van der Waals surface area contributed by atoms with Gasteiger partial charge in [-0.1, -0.05) is 29.8 Å². The molecule has 0 aliphatic heterocycles. The number of hydrogen-bond acceptors (Lipinski definition) is 3. The maximum absolute atomic E-state index is 12.3. The first-order chi connectivity index (χ1) is 10.5. The molecule has 0 unspecified atom stereocenters. The monoisotopic (exact) mass is 318 g/mol. The Labute approximate surface area is 132 Å². The van der Waals surface area contributed by atoms with Crippen LogP contribution in [0.4, 0.5) is 5.69 Å². The summed E-state index contributed by atoms with van der Waals surface area (Å²) in [6.45, 7) is 1.72. The summed E-state index contributed by atoms with van der Waals surface area (Å²) in [6, 6.07) is 7.50. The van der Waals surface area contributed by atoms with Crippen LogP contribution in [0.2, 0.25) is 5.02 Å².